The molecule has 1 aliphatic rings. The van der Waals surface area contributed by atoms with Gasteiger partial charge in [0.25, 0.3) is 0 Å². The summed E-state index contributed by atoms with van der Waals surface area (Å²) in [5, 5.41) is 0.231. The highest BCUT2D eigenvalue weighted by atomic mass is 28.4. The standard InChI is InChI=1S/C18H32N2OSi/c1-18(2,3)22(4,5)21-17(12-19)14-20-11-10-15-8-6-7-9-16(15)13-20/h6-9,17H,10-14,19H2,1-5H3. The van der Waals surface area contributed by atoms with Crippen molar-refractivity contribution in [3.05, 3.63) is 35.4 Å². The van der Waals surface area contributed by atoms with Gasteiger partial charge >= 0.3 is 0 Å². The van der Waals surface area contributed by atoms with Gasteiger partial charge in [-0.1, -0.05) is 45.0 Å². The number of benzene rings is 1. The van der Waals surface area contributed by atoms with Crippen molar-refractivity contribution in [2.75, 3.05) is 19.6 Å². The van der Waals surface area contributed by atoms with Crippen LogP contribution in [0.2, 0.25) is 18.1 Å². The predicted octanol–water partition coefficient (Wildman–Crippen LogP) is 3.39. The molecule has 0 aromatic heterocycles. The second-order valence-electron chi connectivity index (χ2n) is 7.99. The van der Waals surface area contributed by atoms with E-state index in [-0.39, 0.29) is 11.1 Å². The van der Waals surface area contributed by atoms with E-state index in [9.17, 15) is 0 Å². The molecule has 0 bridgehead atoms. The van der Waals surface area contributed by atoms with Gasteiger partial charge in [0.1, 0.15) is 0 Å². The summed E-state index contributed by atoms with van der Waals surface area (Å²) < 4.78 is 6.51. The zero-order valence-corrected chi connectivity index (χ0v) is 15.9. The van der Waals surface area contributed by atoms with Gasteiger partial charge in [-0.15, -0.1) is 0 Å². The molecule has 1 aliphatic heterocycles. The molecule has 22 heavy (non-hydrogen) atoms. The van der Waals surface area contributed by atoms with E-state index in [2.05, 4.69) is 63.0 Å². The Labute approximate surface area is 137 Å². The summed E-state index contributed by atoms with van der Waals surface area (Å²) in [6.07, 6.45) is 1.28. The molecule has 1 heterocycles. The summed E-state index contributed by atoms with van der Waals surface area (Å²) in [5.74, 6) is 0. The minimum Gasteiger partial charge on any atom is -0.411 e. The zero-order chi connectivity index (χ0) is 16.4. The van der Waals surface area contributed by atoms with Crippen LogP contribution < -0.4 is 5.73 Å². The second-order valence-corrected chi connectivity index (χ2v) is 12.7. The highest BCUT2D eigenvalue weighted by Crippen LogP contribution is 2.37. The van der Waals surface area contributed by atoms with Gasteiger partial charge in [-0.25, -0.2) is 0 Å². The Kier molecular flexibility index (Phi) is 5.48. The van der Waals surface area contributed by atoms with Crippen LogP contribution in [0.15, 0.2) is 24.3 Å². The number of nitrogens with zero attached hydrogens (tertiary/aromatic N) is 1. The van der Waals surface area contributed by atoms with Gasteiger partial charge in [0, 0.05) is 26.2 Å². The van der Waals surface area contributed by atoms with Crippen LogP contribution in [0, 0.1) is 0 Å². The molecule has 1 unspecified atom stereocenters. The molecule has 0 spiro atoms. The summed E-state index contributed by atoms with van der Waals surface area (Å²) in [4.78, 5) is 2.49. The minimum atomic E-state index is -1.75. The Hall–Kier alpha value is -0.683. The number of hydrogen-bond donors (Lipinski definition) is 1. The third-order valence-corrected chi connectivity index (χ3v) is 9.74. The van der Waals surface area contributed by atoms with E-state index in [4.69, 9.17) is 10.2 Å². The lowest BCUT2D eigenvalue weighted by Crippen LogP contribution is -2.49. The molecule has 0 saturated heterocycles. The fourth-order valence-electron chi connectivity index (χ4n) is 2.75. The first-order valence-electron chi connectivity index (χ1n) is 8.40. The Morgan fingerprint density at radius 1 is 1.23 bits per heavy atom. The van der Waals surface area contributed by atoms with Crippen molar-refractivity contribution in [2.24, 2.45) is 5.73 Å². The fraction of sp³-hybridized carbons (Fsp3) is 0.667. The lowest BCUT2D eigenvalue weighted by molar-refractivity contribution is 0.118. The van der Waals surface area contributed by atoms with Crippen molar-refractivity contribution in [2.45, 2.75) is 58.0 Å². The topological polar surface area (TPSA) is 38.5 Å². The predicted molar refractivity (Wildman–Crippen MR) is 96.5 cm³/mol. The Balaban J connectivity index is 1.97. The van der Waals surface area contributed by atoms with Crippen molar-refractivity contribution < 1.29 is 4.43 Å². The van der Waals surface area contributed by atoms with Crippen LogP contribution in [-0.2, 0) is 17.4 Å². The summed E-state index contributed by atoms with van der Waals surface area (Å²) in [6, 6.07) is 8.76. The van der Waals surface area contributed by atoms with Gasteiger partial charge in [-0.2, -0.15) is 0 Å². The summed E-state index contributed by atoms with van der Waals surface area (Å²) in [6.45, 7) is 15.1. The first kappa shape index (κ1) is 17.7. The van der Waals surface area contributed by atoms with Crippen molar-refractivity contribution in [1.82, 2.24) is 4.90 Å². The lowest BCUT2D eigenvalue weighted by atomic mass is 10.00. The molecule has 1 atom stereocenters. The monoisotopic (exact) mass is 320 g/mol. The third kappa shape index (κ3) is 4.19. The fourth-order valence-corrected chi connectivity index (χ4v) is 4.11. The summed E-state index contributed by atoms with van der Waals surface area (Å²) in [7, 11) is -1.75. The molecule has 0 aliphatic carbocycles. The highest BCUT2D eigenvalue weighted by Gasteiger charge is 2.39. The molecular formula is C18H32N2OSi. The van der Waals surface area contributed by atoms with Gasteiger partial charge in [0.05, 0.1) is 6.10 Å². The molecule has 0 radical (unpaired) electrons. The van der Waals surface area contributed by atoms with Gasteiger partial charge < -0.3 is 10.2 Å². The molecule has 1 aromatic carbocycles. The molecule has 124 valence electrons. The Morgan fingerprint density at radius 3 is 2.45 bits per heavy atom. The van der Waals surface area contributed by atoms with Crippen LogP contribution in [-0.4, -0.2) is 39.0 Å². The number of rotatable bonds is 5. The third-order valence-electron chi connectivity index (χ3n) is 5.20. The smallest absolute Gasteiger partial charge is 0.192 e. The van der Waals surface area contributed by atoms with Crippen molar-refractivity contribution >= 4 is 8.32 Å². The largest absolute Gasteiger partial charge is 0.411 e. The molecular weight excluding hydrogens is 288 g/mol. The van der Waals surface area contributed by atoms with Crippen molar-refractivity contribution in [1.29, 1.82) is 0 Å². The van der Waals surface area contributed by atoms with E-state index in [1.165, 1.54) is 11.1 Å². The minimum absolute atomic E-state index is 0.145. The van der Waals surface area contributed by atoms with E-state index in [0.717, 1.165) is 26.1 Å². The van der Waals surface area contributed by atoms with Crippen LogP contribution in [0.3, 0.4) is 0 Å². The van der Waals surface area contributed by atoms with E-state index >= 15 is 0 Å². The number of nitrogens with two attached hydrogens (primary N) is 1. The average molecular weight is 321 g/mol. The SMILES string of the molecule is CC(C)(C)[Si](C)(C)OC(CN)CN1CCc2ccccc2C1. The van der Waals surface area contributed by atoms with E-state index in [0.29, 0.717) is 6.54 Å². The van der Waals surface area contributed by atoms with Gasteiger partial charge in [-0.3, -0.25) is 4.90 Å². The maximum atomic E-state index is 6.51. The Bertz CT molecular complexity index is 496. The van der Waals surface area contributed by atoms with Crippen LogP contribution in [0.5, 0.6) is 0 Å². The number of hydrogen-bond acceptors (Lipinski definition) is 3. The Morgan fingerprint density at radius 2 is 1.86 bits per heavy atom. The average Bonchev–Trinajstić information content (AvgIpc) is 2.45. The van der Waals surface area contributed by atoms with Crippen LogP contribution in [0.25, 0.3) is 0 Å². The molecule has 1 aromatic rings. The van der Waals surface area contributed by atoms with E-state index < -0.39 is 8.32 Å². The van der Waals surface area contributed by atoms with Crippen LogP contribution in [0.1, 0.15) is 31.9 Å². The summed E-state index contributed by atoms with van der Waals surface area (Å²) >= 11 is 0. The normalized spacial score (nSPS) is 18.1. The first-order valence-corrected chi connectivity index (χ1v) is 11.3. The second kappa shape index (κ2) is 6.83. The van der Waals surface area contributed by atoms with E-state index in [1.807, 2.05) is 0 Å². The van der Waals surface area contributed by atoms with Gasteiger partial charge in [0.2, 0.25) is 0 Å². The lowest BCUT2D eigenvalue weighted by Gasteiger charge is -2.40. The summed E-state index contributed by atoms with van der Waals surface area (Å²) in [5.41, 5.74) is 8.95. The maximum absolute atomic E-state index is 6.51. The molecule has 0 amide bonds. The highest BCUT2D eigenvalue weighted by molar-refractivity contribution is 6.74. The van der Waals surface area contributed by atoms with Crippen LogP contribution in [0.4, 0.5) is 0 Å². The molecule has 0 saturated carbocycles. The molecule has 2 N–H and O–H groups in total. The first-order chi connectivity index (χ1) is 10.2. The maximum Gasteiger partial charge on any atom is 0.192 e. The van der Waals surface area contributed by atoms with Crippen LogP contribution >= 0.6 is 0 Å². The quantitative estimate of drug-likeness (QED) is 0.845. The number of fused-ring (bicyclic) bond motifs is 1. The van der Waals surface area contributed by atoms with Crippen molar-refractivity contribution in [3.8, 4) is 0 Å². The van der Waals surface area contributed by atoms with E-state index in [1.54, 1.807) is 0 Å². The zero-order valence-electron chi connectivity index (χ0n) is 14.9. The van der Waals surface area contributed by atoms with Gasteiger partial charge in [-0.05, 0) is 35.7 Å². The molecule has 2 rings (SSSR count). The molecule has 4 heteroatoms. The molecule has 0 fully saturated rings. The molecule has 3 nitrogen and oxygen atoms in total. The van der Waals surface area contributed by atoms with Gasteiger partial charge in [0.15, 0.2) is 8.32 Å². The van der Waals surface area contributed by atoms with Crippen molar-refractivity contribution in [3.63, 3.8) is 0 Å².